The third-order valence-electron chi connectivity index (χ3n) is 6.06. The molecule has 2 aromatic heterocycles. The van der Waals surface area contributed by atoms with Gasteiger partial charge in [-0.2, -0.15) is 5.26 Å². The zero-order valence-corrected chi connectivity index (χ0v) is 16.2. The number of rotatable bonds is 3. The maximum absolute atomic E-state index is 12.9. The summed E-state index contributed by atoms with van der Waals surface area (Å²) >= 11 is 0. The fourth-order valence-corrected chi connectivity index (χ4v) is 4.56. The maximum atomic E-state index is 12.9. The molecular weight excluding hydrogens is 362 g/mol. The topological polar surface area (TPSA) is 82.7 Å². The normalized spacial score (nSPS) is 16.5. The fraction of sp³-hybridized carbons (Fsp3) is 0.348. The van der Waals surface area contributed by atoms with Crippen molar-refractivity contribution < 1.29 is 0 Å². The standard InChI is InChI=1S/C23H23N5O/c24-13-18-11-16-6-8-21(26-19-7-5-17-14-25-10-9-15(17)12-19)27-22(16)28(23(18)29)20-3-1-2-4-20/h5-8,11-12,20,25H,1-4,9-10,14H2,(H,26,27). The molecule has 6 heteroatoms. The summed E-state index contributed by atoms with van der Waals surface area (Å²) in [4.78, 5) is 17.7. The van der Waals surface area contributed by atoms with E-state index in [1.807, 2.05) is 12.1 Å². The van der Waals surface area contributed by atoms with Crippen LogP contribution in [0.2, 0.25) is 0 Å². The van der Waals surface area contributed by atoms with Crippen LogP contribution in [-0.4, -0.2) is 16.1 Å². The number of benzene rings is 1. The molecule has 0 spiro atoms. The van der Waals surface area contributed by atoms with E-state index in [2.05, 4.69) is 34.9 Å². The highest BCUT2D eigenvalue weighted by Crippen LogP contribution is 2.31. The monoisotopic (exact) mass is 385 g/mol. The smallest absolute Gasteiger partial charge is 0.270 e. The van der Waals surface area contributed by atoms with Gasteiger partial charge in [0.25, 0.3) is 5.56 Å². The first-order valence-corrected chi connectivity index (χ1v) is 10.3. The molecule has 2 N–H and O–H groups in total. The molecule has 29 heavy (non-hydrogen) atoms. The predicted octanol–water partition coefficient (Wildman–Crippen LogP) is 3.77. The number of hydrogen-bond donors (Lipinski definition) is 2. The van der Waals surface area contributed by atoms with E-state index in [1.54, 1.807) is 10.6 Å². The van der Waals surface area contributed by atoms with Gasteiger partial charge in [-0.15, -0.1) is 0 Å². The molecule has 0 amide bonds. The van der Waals surface area contributed by atoms with Gasteiger partial charge >= 0.3 is 0 Å². The molecule has 3 heterocycles. The van der Waals surface area contributed by atoms with Crippen molar-refractivity contribution in [1.29, 1.82) is 5.26 Å². The Morgan fingerprint density at radius 1 is 1.14 bits per heavy atom. The predicted molar refractivity (Wildman–Crippen MR) is 113 cm³/mol. The number of anilines is 2. The lowest BCUT2D eigenvalue weighted by Crippen LogP contribution is -2.26. The fourth-order valence-electron chi connectivity index (χ4n) is 4.56. The number of fused-ring (bicyclic) bond motifs is 2. The van der Waals surface area contributed by atoms with E-state index in [1.165, 1.54) is 11.1 Å². The lowest BCUT2D eigenvalue weighted by Gasteiger charge is -2.19. The molecule has 146 valence electrons. The van der Waals surface area contributed by atoms with E-state index in [4.69, 9.17) is 4.98 Å². The molecule has 1 fully saturated rings. The summed E-state index contributed by atoms with van der Waals surface area (Å²) in [6, 6.07) is 14.1. The van der Waals surface area contributed by atoms with Crippen LogP contribution < -0.4 is 16.2 Å². The van der Waals surface area contributed by atoms with Gasteiger partial charge in [0, 0.05) is 23.7 Å². The number of nitriles is 1. The summed E-state index contributed by atoms with van der Waals surface area (Å²) in [5.41, 5.74) is 4.32. The van der Waals surface area contributed by atoms with Crippen LogP contribution in [0, 0.1) is 11.3 Å². The quantitative estimate of drug-likeness (QED) is 0.717. The van der Waals surface area contributed by atoms with E-state index in [0.29, 0.717) is 11.5 Å². The zero-order valence-electron chi connectivity index (χ0n) is 16.2. The summed E-state index contributed by atoms with van der Waals surface area (Å²) in [5.74, 6) is 0.710. The van der Waals surface area contributed by atoms with Crippen LogP contribution in [0.25, 0.3) is 11.0 Å². The van der Waals surface area contributed by atoms with Gasteiger partial charge in [0.2, 0.25) is 0 Å². The lowest BCUT2D eigenvalue weighted by atomic mass is 10.0. The van der Waals surface area contributed by atoms with E-state index in [-0.39, 0.29) is 17.2 Å². The Balaban J connectivity index is 1.57. The van der Waals surface area contributed by atoms with Crippen molar-refractivity contribution in [3.8, 4) is 6.07 Å². The summed E-state index contributed by atoms with van der Waals surface area (Å²) in [5, 5.41) is 17.0. The Kier molecular flexibility index (Phi) is 4.53. The van der Waals surface area contributed by atoms with E-state index >= 15 is 0 Å². The van der Waals surface area contributed by atoms with E-state index in [0.717, 1.165) is 56.3 Å². The molecular formula is C23H23N5O. The van der Waals surface area contributed by atoms with Gasteiger partial charge in [0.1, 0.15) is 23.1 Å². The second kappa shape index (κ2) is 7.34. The van der Waals surface area contributed by atoms with Crippen molar-refractivity contribution in [1.82, 2.24) is 14.9 Å². The molecule has 0 unspecified atom stereocenters. The third kappa shape index (κ3) is 3.28. The molecule has 3 aromatic rings. The van der Waals surface area contributed by atoms with Crippen LogP contribution in [0.1, 0.15) is 48.4 Å². The van der Waals surface area contributed by atoms with Crippen LogP contribution in [0.3, 0.4) is 0 Å². The van der Waals surface area contributed by atoms with Crippen LogP contribution in [0.4, 0.5) is 11.5 Å². The maximum Gasteiger partial charge on any atom is 0.270 e. The Hall–Kier alpha value is -3.17. The van der Waals surface area contributed by atoms with E-state index in [9.17, 15) is 10.1 Å². The largest absolute Gasteiger partial charge is 0.340 e. The van der Waals surface area contributed by atoms with Crippen LogP contribution in [0.5, 0.6) is 0 Å². The average molecular weight is 385 g/mol. The Bertz CT molecular complexity index is 1180. The molecule has 5 rings (SSSR count). The first kappa shape index (κ1) is 17.9. The number of hydrogen-bond acceptors (Lipinski definition) is 5. The third-order valence-corrected chi connectivity index (χ3v) is 6.06. The minimum absolute atomic E-state index is 0.122. The molecule has 6 nitrogen and oxygen atoms in total. The lowest BCUT2D eigenvalue weighted by molar-refractivity contribution is 0.515. The molecule has 1 aromatic carbocycles. The van der Waals surface area contributed by atoms with Crippen LogP contribution in [-0.2, 0) is 13.0 Å². The van der Waals surface area contributed by atoms with Crippen molar-refractivity contribution in [3.63, 3.8) is 0 Å². The zero-order chi connectivity index (χ0) is 19.8. The van der Waals surface area contributed by atoms with Gasteiger partial charge in [-0.05, 0) is 67.3 Å². The molecule has 1 saturated carbocycles. The molecule has 1 aliphatic heterocycles. The first-order valence-electron chi connectivity index (χ1n) is 10.3. The minimum Gasteiger partial charge on any atom is -0.340 e. The highest BCUT2D eigenvalue weighted by Gasteiger charge is 2.22. The SMILES string of the molecule is N#Cc1cc2ccc(Nc3ccc4c(c3)CCNC4)nc2n(C2CCCC2)c1=O. The molecule has 1 aliphatic carbocycles. The first-order chi connectivity index (χ1) is 14.2. The minimum atomic E-state index is -0.224. The number of nitrogens with zero attached hydrogens (tertiary/aromatic N) is 3. The van der Waals surface area contributed by atoms with Crippen molar-refractivity contribution in [2.45, 2.75) is 44.7 Å². The summed E-state index contributed by atoms with van der Waals surface area (Å²) < 4.78 is 1.75. The van der Waals surface area contributed by atoms with Crippen molar-refractivity contribution in [3.05, 3.63) is 63.4 Å². The Morgan fingerprint density at radius 2 is 2.00 bits per heavy atom. The second-order valence-electron chi connectivity index (χ2n) is 7.93. The van der Waals surface area contributed by atoms with Crippen LogP contribution in [0.15, 0.2) is 41.2 Å². The Morgan fingerprint density at radius 3 is 2.83 bits per heavy atom. The number of nitrogens with one attached hydrogen (secondary N) is 2. The van der Waals surface area contributed by atoms with Crippen LogP contribution >= 0.6 is 0 Å². The van der Waals surface area contributed by atoms with Gasteiger partial charge in [-0.3, -0.25) is 9.36 Å². The van der Waals surface area contributed by atoms with Crippen molar-refractivity contribution >= 4 is 22.5 Å². The molecule has 0 bridgehead atoms. The second-order valence-corrected chi connectivity index (χ2v) is 7.93. The summed E-state index contributed by atoms with van der Waals surface area (Å²) in [6.07, 6.45) is 5.16. The van der Waals surface area contributed by atoms with Gasteiger partial charge in [-0.25, -0.2) is 4.98 Å². The molecule has 2 aliphatic rings. The Labute approximate surface area is 169 Å². The summed E-state index contributed by atoms with van der Waals surface area (Å²) in [6.45, 7) is 1.91. The van der Waals surface area contributed by atoms with E-state index < -0.39 is 0 Å². The van der Waals surface area contributed by atoms with Gasteiger partial charge in [0.15, 0.2) is 0 Å². The number of pyridine rings is 2. The van der Waals surface area contributed by atoms with Gasteiger partial charge in [0.05, 0.1) is 0 Å². The highest BCUT2D eigenvalue weighted by molar-refractivity contribution is 5.79. The molecule has 0 saturated heterocycles. The number of aromatic nitrogens is 2. The highest BCUT2D eigenvalue weighted by atomic mass is 16.1. The van der Waals surface area contributed by atoms with Crippen molar-refractivity contribution in [2.75, 3.05) is 11.9 Å². The van der Waals surface area contributed by atoms with Gasteiger partial charge < -0.3 is 10.6 Å². The van der Waals surface area contributed by atoms with Gasteiger partial charge in [-0.1, -0.05) is 18.9 Å². The van der Waals surface area contributed by atoms with Crippen molar-refractivity contribution in [2.24, 2.45) is 0 Å². The summed E-state index contributed by atoms with van der Waals surface area (Å²) in [7, 11) is 0. The average Bonchev–Trinajstić information content (AvgIpc) is 3.27. The molecule has 0 radical (unpaired) electrons. The molecule has 0 atom stereocenters.